The van der Waals surface area contributed by atoms with Gasteiger partial charge in [-0.05, 0) is 70.2 Å². The number of aromatic amines is 1. The Labute approximate surface area is 190 Å². The van der Waals surface area contributed by atoms with Crippen LogP contribution in [0.4, 0.5) is 4.39 Å². The largest absolute Gasteiger partial charge is 0.366 e. The number of rotatable bonds is 6. The molecular formula is C26H21ClFN3O. The van der Waals surface area contributed by atoms with Crippen LogP contribution < -0.4 is 5.73 Å². The molecular weight excluding hydrogens is 425 g/mol. The van der Waals surface area contributed by atoms with Gasteiger partial charge in [0.1, 0.15) is 5.82 Å². The SMILES string of the molecule is CC/C(=C(/c1ccc(C=CC(N)=O)cc1)c1ccc2[nH]ncc2c1)c1ccc(F)cc1Cl. The van der Waals surface area contributed by atoms with Crippen molar-refractivity contribution in [1.29, 1.82) is 0 Å². The molecule has 1 amide bonds. The lowest BCUT2D eigenvalue weighted by Crippen LogP contribution is -2.05. The van der Waals surface area contributed by atoms with Crippen LogP contribution in [-0.4, -0.2) is 16.1 Å². The maximum absolute atomic E-state index is 13.7. The molecule has 0 atom stereocenters. The van der Waals surface area contributed by atoms with Gasteiger partial charge in [0.05, 0.1) is 16.7 Å². The van der Waals surface area contributed by atoms with Crippen LogP contribution in [0.5, 0.6) is 0 Å². The standard InChI is InChI=1S/C26H21ClFN3O/c1-2-21(22-10-9-20(28)14-23(22)27)26(18-8-11-24-19(13-18)15-30-31-24)17-6-3-16(4-7-17)5-12-25(29)32/h3-15H,2H2,1H3,(H2,29,32)(H,30,31)/b12-5?,26-21+. The second-order valence-electron chi connectivity index (χ2n) is 7.36. The third kappa shape index (κ3) is 4.48. The zero-order valence-corrected chi connectivity index (χ0v) is 18.2. The maximum Gasteiger partial charge on any atom is 0.241 e. The molecule has 6 heteroatoms. The quantitative estimate of drug-likeness (QED) is 0.273. The number of halogens is 2. The zero-order chi connectivity index (χ0) is 22.7. The molecule has 1 heterocycles. The van der Waals surface area contributed by atoms with E-state index in [1.807, 2.05) is 36.4 Å². The number of benzene rings is 3. The van der Waals surface area contributed by atoms with E-state index in [2.05, 4.69) is 23.2 Å². The van der Waals surface area contributed by atoms with E-state index in [-0.39, 0.29) is 5.82 Å². The van der Waals surface area contributed by atoms with Crippen molar-refractivity contribution in [3.63, 3.8) is 0 Å². The monoisotopic (exact) mass is 445 g/mol. The van der Waals surface area contributed by atoms with E-state index >= 15 is 0 Å². The second-order valence-corrected chi connectivity index (χ2v) is 7.77. The molecule has 0 saturated heterocycles. The first kappa shape index (κ1) is 21.5. The van der Waals surface area contributed by atoms with E-state index in [0.717, 1.165) is 44.3 Å². The third-order valence-electron chi connectivity index (χ3n) is 5.28. The fourth-order valence-corrected chi connectivity index (χ4v) is 4.07. The molecule has 1 aromatic heterocycles. The Hall–Kier alpha value is -3.70. The van der Waals surface area contributed by atoms with Crippen molar-refractivity contribution >= 4 is 45.6 Å². The van der Waals surface area contributed by atoms with Crippen LogP contribution in [0.2, 0.25) is 5.02 Å². The number of fused-ring (bicyclic) bond motifs is 1. The first-order valence-electron chi connectivity index (χ1n) is 10.2. The summed E-state index contributed by atoms with van der Waals surface area (Å²) in [5.41, 5.74) is 11.7. The molecule has 3 aromatic carbocycles. The van der Waals surface area contributed by atoms with Gasteiger partial charge in [-0.2, -0.15) is 5.10 Å². The predicted octanol–water partition coefficient (Wildman–Crippen LogP) is 6.22. The van der Waals surface area contributed by atoms with Gasteiger partial charge in [-0.3, -0.25) is 9.89 Å². The normalized spacial score (nSPS) is 12.3. The van der Waals surface area contributed by atoms with Crippen LogP contribution in [0.3, 0.4) is 0 Å². The molecule has 0 saturated carbocycles. The first-order valence-corrected chi connectivity index (χ1v) is 10.5. The molecule has 0 aliphatic heterocycles. The highest BCUT2D eigenvalue weighted by atomic mass is 35.5. The van der Waals surface area contributed by atoms with Gasteiger partial charge in [0, 0.05) is 11.5 Å². The molecule has 4 aromatic rings. The molecule has 0 bridgehead atoms. The van der Waals surface area contributed by atoms with Gasteiger partial charge in [0.25, 0.3) is 0 Å². The van der Waals surface area contributed by atoms with Gasteiger partial charge < -0.3 is 5.73 Å². The fourth-order valence-electron chi connectivity index (χ4n) is 3.79. The number of nitrogens with zero attached hydrogens (tertiary/aromatic N) is 1. The number of primary amides is 1. The van der Waals surface area contributed by atoms with Crippen LogP contribution in [0.1, 0.15) is 35.6 Å². The predicted molar refractivity (Wildman–Crippen MR) is 128 cm³/mol. The minimum absolute atomic E-state index is 0.366. The van der Waals surface area contributed by atoms with Gasteiger partial charge in [-0.15, -0.1) is 0 Å². The van der Waals surface area contributed by atoms with Crippen molar-refractivity contribution in [3.8, 4) is 0 Å². The molecule has 0 radical (unpaired) electrons. The molecule has 3 N–H and O–H groups in total. The first-order chi connectivity index (χ1) is 15.5. The van der Waals surface area contributed by atoms with E-state index in [9.17, 15) is 9.18 Å². The summed E-state index contributed by atoms with van der Waals surface area (Å²) in [4.78, 5) is 11.0. The lowest BCUT2D eigenvalue weighted by Gasteiger charge is -2.17. The summed E-state index contributed by atoms with van der Waals surface area (Å²) in [7, 11) is 0. The van der Waals surface area contributed by atoms with E-state index in [4.69, 9.17) is 17.3 Å². The van der Waals surface area contributed by atoms with Gasteiger partial charge in [0.2, 0.25) is 5.91 Å². The summed E-state index contributed by atoms with van der Waals surface area (Å²) >= 11 is 6.45. The summed E-state index contributed by atoms with van der Waals surface area (Å²) in [6.07, 6.45) is 5.47. The molecule has 4 nitrogen and oxygen atoms in total. The Kier molecular flexibility index (Phi) is 6.19. The van der Waals surface area contributed by atoms with Gasteiger partial charge in [0.15, 0.2) is 0 Å². The minimum Gasteiger partial charge on any atom is -0.366 e. The third-order valence-corrected chi connectivity index (χ3v) is 5.59. The van der Waals surface area contributed by atoms with Crippen molar-refractivity contribution < 1.29 is 9.18 Å². The maximum atomic E-state index is 13.7. The van der Waals surface area contributed by atoms with E-state index in [1.165, 1.54) is 18.2 Å². The highest BCUT2D eigenvalue weighted by molar-refractivity contribution is 6.32. The number of aromatic nitrogens is 2. The molecule has 0 spiro atoms. The Morgan fingerprint density at radius 3 is 2.53 bits per heavy atom. The highest BCUT2D eigenvalue weighted by Crippen LogP contribution is 2.38. The Morgan fingerprint density at radius 1 is 1.09 bits per heavy atom. The summed E-state index contributed by atoms with van der Waals surface area (Å²) in [6.45, 7) is 2.05. The Morgan fingerprint density at radius 2 is 1.84 bits per heavy atom. The summed E-state index contributed by atoms with van der Waals surface area (Å²) in [5.74, 6) is -0.872. The van der Waals surface area contributed by atoms with Crippen LogP contribution in [0.15, 0.2) is 72.9 Å². The number of carbonyl (C=O) groups is 1. The number of H-pyrrole nitrogens is 1. The lowest BCUT2D eigenvalue weighted by molar-refractivity contribution is -0.113. The van der Waals surface area contributed by atoms with E-state index in [0.29, 0.717) is 11.4 Å². The van der Waals surface area contributed by atoms with Crippen LogP contribution in [0.25, 0.3) is 28.1 Å². The average molecular weight is 446 g/mol. The summed E-state index contributed by atoms with van der Waals surface area (Å²) in [5, 5.41) is 8.44. The number of amides is 1. The van der Waals surface area contributed by atoms with Gasteiger partial charge in [-0.25, -0.2) is 4.39 Å². The average Bonchev–Trinajstić information content (AvgIpc) is 3.25. The van der Waals surface area contributed by atoms with Crippen molar-refractivity contribution in [3.05, 3.63) is 106 Å². The molecule has 0 unspecified atom stereocenters. The smallest absolute Gasteiger partial charge is 0.241 e. The number of allylic oxidation sites excluding steroid dienone is 1. The van der Waals surface area contributed by atoms with Crippen LogP contribution in [-0.2, 0) is 4.79 Å². The number of nitrogens with one attached hydrogen (secondary N) is 1. The number of nitrogens with two attached hydrogens (primary N) is 1. The Balaban J connectivity index is 1.93. The summed E-state index contributed by atoms with van der Waals surface area (Å²) in [6, 6.07) is 18.4. The number of hydrogen-bond donors (Lipinski definition) is 2. The second kappa shape index (κ2) is 9.20. The van der Waals surface area contributed by atoms with E-state index < -0.39 is 5.91 Å². The number of carbonyl (C=O) groups excluding carboxylic acids is 1. The lowest BCUT2D eigenvalue weighted by atomic mass is 9.87. The van der Waals surface area contributed by atoms with Crippen LogP contribution in [0, 0.1) is 5.82 Å². The van der Waals surface area contributed by atoms with E-state index in [1.54, 1.807) is 18.3 Å². The van der Waals surface area contributed by atoms with Crippen molar-refractivity contribution in [2.75, 3.05) is 0 Å². The molecule has 0 aliphatic carbocycles. The molecule has 160 valence electrons. The molecule has 32 heavy (non-hydrogen) atoms. The molecule has 0 fully saturated rings. The van der Waals surface area contributed by atoms with Gasteiger partial charge >= 0.3 is 0 Å². The minimum atomic E-state index is -0.498. The van der Waals surface area contributed by atoms with Crippen molar-refractivity contribution in [1.82, 2.24) is 10.2 Å². The molecule has 0 aliphatic rings. The Bertz CT molecular complexity index is 1350. The molecule has 4 rings (SSSR count). The van der Waals surface area contributed by atoms with Crippen LogP contribution >= 0.6 is 11.6 Å². The fraction of sp³-hybridized carbons (Fsp3) is 0.0769. The van der Waals surface area contributed by atoms with Crippen molar-refractivity contribution in [2.24, 2.45) is 5.73 Å². The zero-order valence-electron chi connectivity index (χ0n) is 17.4. The number of hydrogen-bond acceptors (Lipinski definition) is 2. The van der Waals surface area contributed by atoms with Crippen molar-refractivity contribution in [2.45, 2.75) is 13.3 Å². The van der Waals surface area contributed by atoms with Gasteiger partial charge in [-0.1, -0.05) is 54.9 Å². The topological polar surface area (TPSA) is 71.8 Å². The summed E-state index contributed by atoms with van der Waals surface area (Å²) < 4.78 is 13.7. The highest BCUT2D eigenvalue weighted by Gasteiger charge is 2.16.